The first-order valence-electron chi connectivity index (χ1n) is 8.11. The molecule has 2 aliphatic rings. The van der Waals surface area contributed by atoms with E-state index in [2.05, 4.69) is 6.07 Å². The topological polar surface area (TPSA) is 89.3 Å². The molecule has 0 amide bonds. The third kappa shape index (κ3) is 2.52. The summed E-state index contributed by atoms with van der Waals surface area (Å²) in [6.45, 7) is 0. The van der Waals surface area contributed by atoms with Gasteiger partial charge in [0.15, 0.2) is 5.78 Å². The van der Waals surface area contributed by atoms with E-state index >= 15 is 0 Å². The van der Waals surface area contributed by atoms with Crippen molar-refractivity contribution in [3.8, 4) is 6.07 Å². The predicted octanol–water partition coefficient (Wildman–Crippen LogP) is 3.49. The number of furan rings is 1. The van der Waals surface area contributed by atoms with Crippen LogP contribution in [0.5, 0.6) is 0 Å². The highest BCUT2D eigenvalue weighted by Crippen LogP contribution is 2.46. The Kier molecular flexibility index (Phi) is 3.66. The number of benzene rings is 1. The van der Waals surface area contributed by atoms with Crippen molar-refractivity contribution >= 4 is 5.78 Å². The normalized spacial score (nSPS) is 23.1. The van der Waals surface area contributed by atoms with E-state index in [1.54, 1.807) is 12.1 Å². The Morgan fingerprint density at radius 3 is 2.60 bits per heavy atom. The molecular formula is C20H16N2O3. The van der Waals surface area contributed by atoms with Crippen LogP contribution in [0.1, 0.15) is 36.0 Å². The van der Waals surface area contributed by atoms with E-state index < -0.39 is 5.92 Å². The van der Waals surface area contributed by atoms with Crippen molar-refractivity contribution in [2.24, 2.45) is 5.73 Å². The van der Waals surface area contributed by atoms with Crippen LogP contribution in [0.2, 0.25) is 0 Å². The number of hydrogen-bond donors (Lipinski definition) is 1. The second kappa shape index (κ2) is 5.99. The Bertz CT molecular complexity index is 918. The Hall–Kier alpha value is -3.26. The molecule has 2 N–H and O–H groups in total. The number of carbonyl (C=O) groups is 1. The predicted molar refractivity (Wildman–Crippen MR) is 89.8 cm³/mol. The van der Waals surface area contributed by atoms with Crippen molar-refractivity contribution in [3.05, 3.63) is 82.8 Å². The number of allylic oxidation sites excluding steroid dienone is 3. The first kappa shape index (κ1) is 15.3. The maximum Gasteiger partial charge on any atom is 0.205 e. The van der Waals surface area contributed by atoms with Crippen LogP contribution in [-0.4, -0.2) is 5.78 Å². The van der Waals surface area contributed by atoms with Crippen molar-refractivity contribution in [1.29, 1.82) is 5.26 Å². The highest BCUT2D eigenvalue weighted by molar-refractivity contribution is 6.00. The SMILES string of the molecule is N#CC1=C(N)OC2=C(C(=O)CC(c3ccccc3)C2)C1c1ccco1. The molecule has 4 rings (SSSR count). The number of rotatable bonds is 2. The van der Waals surface area contributed by atoms with Crippen LogP contribution >= 0.6 is 0 Å². The number of nitrogens with two attached hydrogens (primary N) is 1. The zero-order valence-corrected chi connectivity index (χ0v) is 13.4. The first-order valence-corrected chi connectivity index (χ1v) is 8.11. The Balaban J connectivity index is 1.78. The summed E-state index contributed by atoms with van der Waals surface area (Å²) in [6.07, 6.45) is 2.47. The minimum absolute atomic E-state index is 0.0308. The molecule has 1 aromatic heterocycles. The van der Waals surface area contributed by atoms with Gasteiger partial charge in [0.25, 0.3) is 0 Å². The molecule has 0 fully saturated rings. The molecule has 0 bridgehead atoms. The summed E-state index contributed by atoms with van der Waals surface area (Å²) >= 11 is 0. The Labute approximate surface area is 145 Å². The number of ketones is 1. The molecule has 2 unspecified atom stereocenters. The third-order valence-electron chi connectivity index (χ3n) is 4.76. The molecule has 1 aliphatic carbocycles. The third-order valence-corrected chi connectivity index (χ3v) is 4.76. The molecule has 5 nitrogen and oxygen atoms in total. The number of nitriles is 1. The summed E-state index contributed by atoms with van der Waals surface area (Å²) in [5, 5.41) is 9.49. The molecule has 0 radical (unpaired) electrons. The van der Waals surface area contributed by atoms with Crippen molar-refractivity contribution in [1.82, 2.24) is 0 Å². The lowest BCUT2D eigenvalue weighted by atomic mass is 9.75. The highest BCUT2D eigenvalue weighted by Gasteiger charge is 2.41. The summed E-state index contributed by atoms with van der Waals surface area (Å²) < 4.78 is 11.2. The first-order chi connectivity index (χ1) is 12.2. The van der Waals surface area contributed by atoms with E-state index in [1.807, 2.05) is 30.3 Å². The lowest BCUT2D eigenvalue weighted by Crippen LogP contribution is -2.29. The van der Waals surface area contributed by atoms with E-state index in [0.29, 0.717) is 29.9 Å². The van der Waals surface area contributed by atoms with Crippen LogP contribution in [0.25, 0.3) is 0 Å². The van der Waals surface area contributed by atoms with E-state index in [-0.39, 0.29) is 23.2 Å². The van der Waals surface area contributed by atoms with Gasteiger partial charge in [-0.2, -0.15) is 5.26 Å². The summed E-state index contributed by atoms with van der Waals surface area (Å²) in [6, 6.07) is 15.4. The summed E-state index contributed by atoms with van der Waals surface area (Å²) in [5.41, 5.74) is 7.78. The fourth-order valence-corrected chi connectivity index (χ4v) is 3.61. The molecule has 5 heteroatoms. The molecule has 0 saturated heterocycles. The van der Waals surface area contributed by atoms with Gasteiger partial charge in [0.2, 0.25) is 5.88 Å². The maximum atomic E-state index is 12.9. The zero-order valence-electron chi connectivity index (χ0n) is 13.4. The quantitative estimate of drug-likeness (QED) is 0.909. The van der Waals surface area contributed by atoms with E-state index in [1.165, 1.54) is 6.26 Å². The molecule has 2 atom stereocenters. The van der Waals surface area contributed by atoms with Crippen molar-refractivity contribution in [2.45, 2.75) is 24.7 Å². The van der Waals surface area contributed by atoms with E-state index in [9.17, 15) is 10.1 Å². The van der Waals surface area contributed by atoms with Gasteiger partial charge < -0.3 is 14.9 Å². The average Bonchev–Trinajstić information content (AvgIpc) is 3.15. The van der Waals surface area contributed by atoms with Gasteiger partial charge in [-0.3, -0.25) is 4.79 Å². The van der Waals surface area contributed by atoms with Crippen LogP contribution in [0.3, 0.4) is 0 Å². The highest BCUT2D eigenvalue weighted by atomic mass is 16.5. The molecule has 25 heavy (non-hydrogen) atoms. The largest absolute Gasteiger partial charge is 0.468 e. The second-order valence-electron chi connectivity index (χ2n) is 6.22. The number of hydrogen-bond acceptors (Lipinski definition) is 5. The lowest BCUT2D eigenvalue weighted by Gasteiger charge is -2.33. The van der Waals surface area contributed by atoms with Gasteiger partial charge in [0.05, 0.1) is 12.2 Å². The van der Waals surface area contributed by atoms with Gasteiger partial charge in [-0.15, -0.1) is 0 Å². The molecule has 1 aliphatic heterocycles. The monoisotopic (exact) mass is 332 g/mol. The number of ether oxygens (including phenoxy) is 1. The van der Waals surface area contributed by atoms with Crippen LogP contribution in [0.4, 0.5) is 0 Å². The molecule has 2 heterocycles. The van der Waals surface area contributed by atoms with Crippen LogP contribution < -0.4 is 5.73 Å². The van der Waals surface area contributed by atoms with Gasteiger partial charge in [0, 0.05) is 18.4 Å². The molecule has 0 spiro atoms. The van der Waals surface area contributed by atoms with Gasteiger partial charge >= 0.3 is 0 Å². The van der Waals surface area contributed by atoms with Crippen molar-refractivity contribution < 1.29 is 13.9 Å². The fourth-order valence-electron chi connectivity index (χ4n) is 3.61. The smallest absolute Gasteiger partial charge is 0.205 e. The molecule has 1 aromatic carbocycles. The lowest BCUT2D eigenvalue weighted by molar-refractivity contribution is -0.117. The summed E-state index contributed by atoms with van der Waals surface area (Å²) in [7, 11) is 0. The molecule has 0 saturated carbocycles. The average molecular weight is 332 g/mol. The van der Waals surface area contributed by atoms with Crippen molar-refractivity contribution in [2.75, 3.05) is 0 Å². The second-order valence-corrected chi connectivity index (χ2v) is 6.22. The van der Waals surface area contributed by atoms with Crippen molar-refractivity contribution in [3.63, 3.8) is 0 Å². The van der Waals surface area contributed by atoms with E-state index in [0.717, 1.165) is 5.56 Å². The minimum atomic E-state index is -0.590. The van der Waals surface area contributed by atoms with E-state index in [4.69, 9.17) is 14.9 Å². The fraction of sp³-hybridized carbons (Fsp3) is 0.200. The minimum Gasteiger partial charge on any atom is -0.468 e. The number of Topliss-reactive ketones (excluding diaryl/α,β-unsaturated/α-hetero) is 1. The molecule has 2 aromatic rings. The van der Waals surface area contributed by atoms with Gasteiger partial charge in [-0.25, -0.2) is 0 Å². The maximum absolute atomic E-state index is 12.9. The Morgan fingerprint density at radius 1 is 1.12 bits per heavy atom. The van der Waals surface area contributed by atoms with Crippen LogP contribution in [0, 0.1) is 11.3 Å². The zero-order chi connectivity index (χ0) is 17.4. The Morgan fingerprint density at radius 2 is 1.92 bits per heavy atom. The van der Waals surface area contributed by atoms with Crippen LogP contribution in [0.15, 0.2) is 75.9 Å². The van der Waals surface area contributed by atoms with Gasteiger partial charge in [0.1, 0.15) is 23.2 Å². The number of nitrogens with zero attached hydrogens (tertiary/aromatic N) is 1. The van der Waals surface area contributed by atoms with Gasteiger partial charge in [-0.05, 0) is 23.6 Å². The number of carbonyl (C=O) groups excluding carboxylic acids is 1. The molecule has 124 valence electrons. The van der Waals surface area contributed by atoms with Crippen LogP contribution in [-0.2, 0) is 9.53 Å². The van der Waals surface area contributed by atoms with Gasteiger partial charge in [-0.1, -0.05) is 30.3 Å². The standard InChI is InChI=1S/C20H16N2O3/c21-11-14-18(16-7-4-8-24-16)19-15(23)9-13(10-17(19)25-20(14)22)12-5-2-1-3-6-12/h1-8,13,18H,9-10,22H2. The summed E-state index contributed by atoms with van der Waals surface area (Å²) in [5.74, 6) is 0.542. The summed E-state index contributed by atoms with van der Waals surface area (Å²) in [4.78, 5) is 12.9. The molecular weight excluding hydrogens is 316 g/mol.